The van der Waals surface area contributed by atoms with Crippen molar-refractivity contribution in [3.63, 3.8) is 0 Å². The number of nitrogens with zero attached hydrogens (tertiary/aromatic N) is 1. The summed E-state index contributed by atoms with van der Waals surface area (Å²) in [5, 5.41) is -0.00567. The molecule has 0 spiro atoms. The second-order valence-electron chi connectivity index (χ2n) is 4.88. The summed E-state index contributed by atoms with van der Waals surface area (Å²) in [5.41, 5.74) is 1.11. The summed E-state index contributed by atoms with van der Waals surface area (Å²) >= 11 is 0. The predicted octanol–water partition coefficient (Wildman–Crippen LogP) is 3.71. The molecular weight excluding hydrogens is 324 g/mol. The van der Waals surface area contributed by atoms with Crippen molar-refractivity contribution in [1.29, 1.82) is 0 Å². The second kappa shape index (κ2) is 8.19. The van der Waals surface area contributed by atoms with E-state index in [-0.39, 0.29) is 17.9 Å². The molecule has 1 aromatic heterocycles. The number of aromatic nitrogens is 1. The molecule has 124 valence electrons. The Kier molecular flexibility index (Phi) is 7.17. The predicted molar refractivity (Wildman–Crippen MR) is 88.1 cm³/mol. The smallest absolute Gasteiger partial charge is 0.329 e. The lowest BCUT2D eigenvalue weighted by Crippen LogP contribution is -2.01. The van der Waals surface area contributed by atoms with E-state index < -0.39 is 15.0 Å². The highest BCUT2D eigenvalue weighted by atomic mass is 31.2. The molecule has 1 unspecified atom stereocenters. The molecule has 0 aliphatic rings. The largest absolute Gasteiger partial charge is 0.352 e. The number of pyridine rings is 1. The molecule has 8 heteroatoms. The zero-order valence-corrected chi connectivity index (χ0v) is 14.9. The zero-order valence-electron chi connectivity index (χ0n) is 13.1. The van der Waals surface area contributed by atoms with E-state index in [1.165, 1.54) is 0 Å². The molecule has 0 saturated carbocycles. The lowest BCUT2D eigenvalue weighted by molar-refractivity contribution is 0.333. The maximum absolute atomic E-state index is 12.5. The molecule has 1 rings (SSSR count). The lowest BCUT2D eigenvalue weighted by atomic mass is 10.1. The van der Waals surface area contributed by atoms with Gasteiger partial charge in [-0.05, 0) is 37.5 Å². The van der Waals surface area contributed by atoms with Crippen LogP contribution in [-0.4, -0.2) is 33.7 Å². The molecule has 0 saturated heterocycles. The molecule has 0 amide bonds. The molecule has 0 bridgehead atoms. The number of rotatable bonds is 8. The van der Waals surface area contributed by atoms with Crippen LogP contribution in [-0.2, 0) is 13.7 Å². The molecule has 0 aliphatic carbocycles. The standard InChI is InChI=1S/C14H23NO5P2/c1-4-20-21(16,5-2)10-8-14(22(17,18)19)12(3)13-7-6-9-15-11-13/h6-7,9,11H,4-5,8,10H2,1-3H3,(H2,17,18,19)/b14-12+. The maximum atomic E-state index is 12.5. The summed E-state index contributed by atoms with van der Waals surface area (Å²) in [6, 6.07) is 3.44. The fraction of sp³-hybridized carbons (Fsp3) is 0.500. The van der Waals surface area contributed by atoms with Crippen LogP contribution in [0.5, 0.6) is 0 Å². The Hall–Kier alpha value is -0.770. The van der Waals surface area contributed by atoms with Gasteiger partial charge in [0.15, 0.2) is 0 Å². The van der Waals surface area contributed by atoms with Gasteiger partial charge in [0.05, 0.1) is 6.61 Å². The first-order valence-corrected chi connectivity index (χ1v) is 10.7. The number of hydrogen-bond donors (Lipinski definition) is 2. The van der Waals surface area contributed by atoms with E-state index in [0.29, 0.717) is 23.9 Å². The molecule has 0 aliphatic heterocycles. The first-order chi connectivity index (χ1) is 10.2. The minimum Gasteiger partial charge on any atom is -0.329 e. The van der Waals surface area contributed by atoms with E-state index in [1.54, 1.807) is 45.3 Å². The summed E-state index contributed by atoms with van der Waals surface area (Å²) in [6.07, 6.45) is 3.65. The van der Waals surface area contributed by atoms with Gasteiger partial charge in [0.25, 0.3) is 0 Å². The fourth-order valence-electron chi connectivity index (χ4n) is 2.13. The molecular formula is C14H23NO5P2. The zero-order chi connectivity index (χ0) is 16.8. The Morgan fingerprint density at radius 2 is 2.00 bits per heavy atom. The van der Waals surface area contributed by atoms with Crippen molar-refractivity contribution >= 4 is 20.5 Å². The van der Waals surface area contributed by atoms with Gasteiger partial charge >= 0.3 is 7.60 Å². The molecule has 0 fully saturated rings. The Morgan fingerprint density at radius 1 is 1.32 bits per heavy atom. The van der Waals surface area contributed by atoms with Gasteiger partial charge in [-0.1, -0.05) is 13.0 Å². The van der Waals surface area contributed by atoms with Gasteiger partial charge in [-0.15, -0.1) is 0 Å². The van der Waals surface area contributed by atoms with Crippen molar-refractivity contribution in [2.45, 2.75) is 27.2 Å². The molecule has 0 aromatic carbocycles. The van der Waals surface area contributed by atoms with E-state index in [2.05, 4.69) is 4.98 Å². The van der Waals surface area contributed by atoms with Crippen LogP contribution in [0.25, 0.3) is 5.57 Å². The molecule has 0 radical (unpaired) electrons. The minimum atomic E-state index is -4.44. The van der Waals surface area contributed by atoms with Crippen LogP contribution in [0.2, 0.25) is 0 Å². The van der Waals surface area contributed by atoms with E-state index >= 15 is 0 Å². The third-order valence-electron chi connectivity index (χ3n) is 3.41. The van der Waals surface area contributed by atoms with Crippen LogP contribution in [0.3, 0.4) is 0 Å². The Morgan fingerprint density at radius 3 is 2.45 bits per heavy atom. The van der Waals surface area contributed by atoms with Crippen molar-refractivity contribution < 1.29 is 23.4 Å². The van der Waals surface area contributed by atoms with Gasteiger partial charge in [-0.25, -0.2) is 0 Å². The average Bonchev–Trinajstić information content (AvgIpc) is 2.47. The summed E-state index contributed by atoms with van der Waals surface area (Å²) < 4.78 is 29.6. The van der Waals surface area contributed by atoms with Crippen molar-refractivity contribution in [3.8, 4) is 0 Å². The topological polar surface area (TPSA) is 96.7 Å². The van der Waals surface area contributed by atoms with E-state index in [9.17, 15) is 18.9 Å². The highest BCUT2D eigenvalue weighted by molar-refractivity contribution is 7.59. The van der Waals surface area contributed by atoms with Crippen LogP contribution in [0, 0.1) is 0 Å². The van der Waals surface area contributed by atoms with Crippen LogP contribution < -0.4 is 0 Å². The van der Waals surface area contributed by atoms with E-state index in [1.807, 2.05) is 0 Å². The molecule has 2 N–H and O–H groups in total. The summed E-state index contributed by atoms with van der Waals surface area (Å²) in [4.78, 5) is 23.2. The van der Waals surface area contributed by atoms with Crippen LogP contribution in [0.1, 0.15) is 32.8 Å². The molecule has 6 nitrogen and oxygen atoms in total. The quantitative estimate of drug-likeness (QED) is 0.696. The minimum absolute atomic E-state index is 0.00567. The summed E-state index contributed by atoms with van der Waals surface area (Å²) in [6.45, 7) is 5.47. The van der Waals surface area contributed by atoms with Gasteiger partial charge in [-0.3, -0.25) is 14.1 Å². The molecule has 22 heavy (non-hydrogen) atoms. The van der Waals surface area contributed by atoms with Crippen LogP contribution in [0.15, 0.2) is 29.8 Å². The average molecular weight is 347 g/mol. The van der Waals surface area contributed by atoms with Gasteiger partial charge in [0, 0.05) is 30.0 Å². The first kappa shape index (κ1) is 19.3. The van der Waals surface area contributed by atoms with Crippen molar-refractivity contribution in [1.82, 2.24) is 4.98 Å². The molecule has 1 aromatic rings. The maximum Gasteiger partial charge on any atom is 0.352 e. The highest BCUT2D eigenvalue weighted by Crippen LogP contribution is 2.54. The molecule has 1 atom stereocenters. The highest BCUT2D eigenvalue weighted by Gasteiger charge is 2.28. The number of allylic oxidation sites excluding steroid dienone is 2. The fourth-order valence-corrected chi connectivity index (χ4v) is 4.94. The van der Waals surface area contributed by atoms with Gasteiger partial charge in [-0.2, -0.15) is 0 Å². The van der Waals surface area contributed by atoms with Gasteiger partial charge in [0.2, 0.25) is 7.37 Å². The van der Waals surface area contributed by atoms with Crippen molar-refractivity contribution in [3.05, 3.63) is 35.4 Å². The Balaban J connectivity index is 3.11. The SMILES string of the molecule is CCOP(=O)(CC)CC/C(=C(/C)c1cccnc1)P(=O)(O)O. The monoisotopic (exact) mass is 347 g/mol. The second-order valence-corrected chi connectivity index (χ2v) is 9.47. The summed E-state index contributed by atoms with van der Waals surface area (Å²) in [5.74, 6) is 0. The third-order valence-corrected chi connectivity index (χ3v) is 7.27. The summed E-state index contributed by atoms with van der Waals surface area (Å²) in [7, 11) is -7.29. The molecule has 1 heterocycles. The first-order valence-electron chi connectivity index (χ1n) is 7.12. The van der Waals surface area contributed by atoms with Gasteiger partial charge in [0.1, 0.15) is 0 Å². The van der Waals surface area contributed by atoms with E-state index in [4.69, 9.17) is 4.52 Å². The van der Waals surface area contributed by atoms with Gasteiger partial charge < -0.3 is 14.3 Å². The normalized spacial score (nSPS) is 16.0. The Bertz CT molecular complexity index is 609. The van der Waals surface area contributed by atoms with E-state index in [0.717, 1.165) is 0 Å². The van der Waals surface area contributed by atoms with Crippen LogP contribution >= 0.6 is 15.0 Å². The van der Waals surface area contributed by atoms with Crippen molar-refractivity contribution in [2.75, 3.05) is 18.9 Å². The third kappa shape index (κ3) is 5.45. The number of hydrogen-bond acceptors (Lipinski definition) is 4. The van der Waals surface area contributed by atoms with Crippen molar-refractivity contribution in [2.24, 2.45) is 0 Å². The Labute approximate surface area is 131 Å². The van der Waals surface area contributed by atoms with Crippen LogP contribution in [0.4, 0.5) is 0 Å². The lowest BCUT2D eigenvalue weighted by Gasteiger charge is -2.19.